The molecule has 0 atom stereocenters. The highest BCUT2D eigenvalue weighted by Gasteiger charge is 2.49. The number of thioether (sulfide) groups is 2. The topological polar surface area (TPSA) is 61.9 Å². The van der Waals surface area contributed by atoms with Gasteiger partial charge in [-0.05, 0) is 55.3 Å². The number of rotatable bonds is 2. The quantitative estimate of drug-likeness (QED) is 0.698. The molecule has 138 valence electrons. The van der Waals surface area contributed by atoms with Gasteiger partial charge in [0, 0.05) is 11.3 Å². The maximum absolute atomic E-state index is 12.8. The van der Waals surface area contributed by atoms with E-state index >= 15 is 0 Å². The number of aryl methyl sites for hydroxylation is 1. The molecule has 2 aromatic rings. The van der Waals surface area contributed by atoms with Gasteiger partial charge in [-0.15, -0.1) is 5.10 Å². The molecule has 1 saturated carbocycles. The summed E-state index contributed by atoms with van der Waals surface area (Å²) in [7, 11) is 0. The van der Waals surface area contributed by atoms with Crippen LogP contribution >= 0.6 is 23.5 Å². The summed E-state index contributed by atoms with van der Waals surface area (Å²) in [6.07, 6.45) is -2.54. The van der Waals surface area contributed by atoms with Gasteiger partial charge in [0.1, 0.15) is 9.40 Å². The Hall–Kier alpha value is -2.05. The van der Waals surface area contributed by atoms with Gasteiger partial charge in [0.15, 0.2) is 0 Å². The summed E-state index contributed by atoms with van der Waals surface area (Å²) >= 11 is 2.84. The molecule has 1 aliphatic heterocycles. The molecule has 1 spiro atoms. The van der Waals surface area contributed by atoms with Crippen molar-refractivity contribution in [2.45, 2.75) is 42.3 Å². The molecule has 0 unspecified atom stereocenters. The minimum absolute atomic E-state index is 0.0377. The zero-order valence-electron chi connectivity index (χ0n) is 14.2. The standard InChI is InChI=1S/C18H13F3N4S2/c1-10-6-14-15(25-24-10)27-16(23-17(14)4-5-17)26-9-11-2-3-13(18(19,20)21)7-12(11)8-22/h2-3,6-7H,4-5,9H2,1H3. The lowest BCUT2D eigenvalue weighted by Gasteiger charge is -2.21. The highest BCUT2D eigenvalue weighted by molar-refractivity contribution is 8.38. The van der Waals surface area contributed by atoms with Crippen LogP contribution in [-0.2, 0) is 17.5 Å². The van der Waals surface area contributed by atoms with E-state index in [1.54, 1.807) is 0 Å². The molecule has 0 saturated heterocycles. The van der Waals surface area contributed by atoms with Crippen LogP contribution in [-0.4, -0.2) is 14.6 Å². The van der Waals surface area contributed by atoms with E-state index in [2.05, 4.69) is 10.2 Å². The van der Waals surface area contributed by atoms with Crippen LogP contribution in [0.1, 0.15) is 40.8 Å². The molecular weight excluding hydrogens is 393 g/mol. The largest absolute Gasteiger partial charge is 0.416 e. The molecule has 2 aliphatic rings. The molecule has 1 fully saturated rings. The van der Waals surface area contributed by atoms with Crippen molar-refractivity contribution >= 4 is 27.9 Å². The van der Waals surface area contributed by atoms with Crippen molar-refractivity contribution in [3.63, 3.8) is 0 Å². The Kier molecular flexibility index (Phi) is 4.43. The van der Waals surface area contributed by atoms with Gasteiger partial charge in [0.05, 0.1) is 28.4 Å². The number of hydrogen-bond donors (Lipinski definition) is 0. The minimum Gasteiger partial charge on any atom is -0.260 e. The summed E-state index contributed by atoms with van der Waals surface area (Å²) < 4.78 is 39.3. The van der Waals surface area contributed by atoms with Crippen LogP contribution in [0.25, 0.3) is 0 Å². The van der Waals surface area contributed by atoms with Crippen molar-refractivity contribution in [1.29, 1.82) is 5.26 Å². The molecule has 1 aliphatic carbocycles. The fraction of sp³-hybridized carbons (Fsp3) is 0.333. The van der Waals surface area contributed by atoms with E-state index in [0.29, 0.717) is 11.3 Å². The summed E-state index contributed by atoms with van der Waals surface area (Å²) in [4.78, 5) is 4.85. The van der Waals surface area contributed by atoms with Gasteiger partial charge < -0.3 is 0 Å². The molecule has 0 radical (unpaired) electrons. The summed E-state index contributed by atoms with van der Waals surface area (Å²) in [5.74, 6) is 0.373. The highest BCUT2D eigenvalue weighted by atomic mass is 32.2. The number of nitriles is 1. The van der Waals surface area contributed by atoms with Crippen molar-refractivity contribution in [3.8, 4) is 6.07 Å². The molecule has 27 heavy (non-hydrogen) atoms. The van der Waals surface area contributed by atoms with Crippen molar-refractivity contribution in [3.05, 3.63) is 52.2 Å². The van der Waals surface area contributed by atoms with E-state index in [1.165, 1.54) is 29.6 Å². The monoisotopic (exact) mass is 406 g/mol. The Morgan fingerprint density at radius 3 is 2.70 bits per heavy atom. The van der Waals surface area contributed by atoms with Crippen LogP contribution in [0.5, 0.6) is 0 Å². The first-order chi connectivity index (χ1) is 12.8. The lowest BCUT2D eigenvalue weighted by Crippen LogP contribution is -2.14. The number of nitrogens with zero attached hydrogens (tertiary/aromatic N) is 4. The van der Waals surface area contributed by atoms with Crippen molar-refractivity contribution in [2.24, 2.45) is 4.99 Å². The molecule has 0 N–H and O–H groups in total. The summed E-state index contributed by atoms with van der Waals surface area (Å²) in [6.45, 7) is 1.90. The lowest BCUT2D eigenvalue weighted by atomic mass is 10.1. The number of fused-ring (bicyclic) bond motifs is 2. The first kappa shape index (κ1) is 18.3. The van der Waals surface area contributed by atoms with Gasteiger partial charge in [-0.1, -0.05) is 17.8 Å². The number of halogens is 3. The fourth-order valence-corrected chi connectivity index (χ4v) is 5.16. The third-order valence-electron chi connectivity index (χ3n) is 4.51. The molecule has 4 nitrogen and oxygen atoms in total. The predicted molar refractivity (Wildman–Crippen MR) is 98.4 cm³/mol. The number of benzene rings is 1. The van der Waals surface area contributed by atoms with Crippen LogP contribution in [0, 0.1) is 18.3 Å². The second-order valence-corrected chi connectivity index (χ2v) is 8.69. The van der Waals surface area contributed by atoms with E-state index in [-0.39, 0.29) is 11.1 Å². The van der Waals surface area contributed by atoms with Gasteiger partial charge in [-0.2, -0.15) is 23.5 Å². The van der Waals surface area contributed by atoms with Crippen molar-refractivity contribution in [2.75, 3.05) is 0 Å². The summed E-state index contributed by atoms with van der Waals surface area (Å²) in [5.41, 5.74) is 1.53. The zero-order chi connectivity index (χ0) is 19.2. The SMILES string of the molecule is Cc1cc2c(nn1)SC(SCc1ccc(C(F)(F)F)cc1C#N)=NC21CC1. The first-order valence-corrected chi connectivity index (χ1v) is 9.96. The summed E-state index contributed by atoms with van der Waals surface area (Å²) in [6, 6.07) is 7.17. The van der Waals surface area contributed by atoms with Crippen molar-refractivity contribution in [1.82, 2.24) is 10.2 Å². The van der Waals surface area contributed by atoms with Gasteiger partial charge in [0.25, 0.3) is 0 Å². The molecule has 0 amide bonds. The number of aromatic nitrogens is 2. The van der Waals surface area contributed by atoms with Gasteiger partial charge in [-0.3, -0.25) is 4.99 Å². The van der Waals surface area contributed by atoms with E-state index < -0.39 is 11.7 Å². The smallest absolute Gasteiger partial charge is 0.260 e. The Morgan fingerprint density at radius 1 is 1.26 bits per heavy atom. The van der Waals surface area contributed by atoms with Gasteiger partial charge in [-0.25, -0.2) is 0 Å². The minimum atomic E-state index is -4.46. The van der Waals surface area contributed by atoms with Crippen LogP contribution in [0.4, 0.5) is 13.2 Å². The maximum Gasteiger partial charge on any atom is 0.416 e. The third-order valence-corrected chi connectivity index (χ3v) is 6.66. The molecule has 2 heterocycles. The van der Waals surface area contributed by atoms with Gasteiger partial charge >= 0.3 is 6.18 Å². The normalized spacial score (nSPS) is 17.2. The number of alkyl halides is 3. The van der Waals surface area contributed by atoms with E-state index in [4.69, 9.17) is 4.99 Å². The Bertz CT molecular complexity index is 991. The van der Waals surface area contributed by atoms with Crippen LogP contribution in [0.15, 0.2) is 34.3 Å². The Morgan fingerprint density at radius 2 is 2.04 bits per heavy atom. The molecule has 1 aromatic carbocycles. The Balaban J connectivity index is 1.54. The third kappa shape index (κ3) is 3.56. The second-order valence-electron chi connectivity index (χ2n) is 6.49. The predicted octanol–water partition coefficient (Wildman–Crippen LogP) is 5.06. The van der Waals surface area contributed by atoms with E-state index in [1.807, 2.05) is 19.1 Å². The van der Waals surface area contributed by atoms with Gasteiger partial charge in [0.2, 0.25) is 0 Å². The molecular formula is C18H13F3N4S2. The molecule has 9 heteroatoms. The molecule has 0 bridgehead atoms. The molecule has 1 aromatic heterocycles. The van der Waals surface area contributed by atoms with E-state index in [0.717, 1.165) is 45.6 Å². The fourth-order valence-electron chi connectivity index (χ4n) is 2.91. The van der Waals surface area contributed by atoms with Crippen LogP contribution in [0.3, 0.4) is 0 Å². The second kappa shape index (κ2) is 6.53. The maximum atomic E-state index is 12.8. The van der Waals surface area contributed by atoms with Crippen molar-refractivity contribution < 1.29 is 13.2 Å². The van der Waals surface area contributed by atoms with Crippen LogP contribution < -0.4 is 0 Å². The average molecular weight is 406 g/mol. The molecule has 4 rings (SSSR count). The average Bonchev–Trinajstić information content (AvgIpc) is 3.39. The lowest BCUT2D eigenvalue weighted by molar-refractivity contribution is -0.137. The highest BCUT2D eigenvalue weighted by Crippen LogP contribution is 2.56. The zero-order valence-corrected chi connectivity index (χ0v) is 15.8. The first-order valence-electron chi connectivity index (χ1n) is 8.16. The van der Waals surface area contributed by atoms with E-state index in [9.17, 15) is 18.4 Å². The van der Waals surface area contributed by atoms with Crippen LogP contribution in [0.2, 0.25) is 0 Å². The summed E-state index contributed by atoms with van der Waals surface area (Å²) in [5, 5.41) is 18.4. The number of aliphatic imine (C=N–C) groups is 1. The Labute approximate surface area is 162 Å². The number of hydrogen-bond acceptors (Lipinski definition) is 6.